The highest BCUT2D eigenvalue weighted by Gasteiger charge is 2.54. The van der Waals surface area contributed by atoms with Crippen molar-refractivity contribution < 1.29 is 75.1 Å². The number of halogens is 2. The minimum Gasteiger partial charge on any atom is -0.492 e. The van der Waals surface area contributed by atoms with E-state index in [1.54, 1.807) is 18.9 Å². The molecule has 0 saturated heterocycles. The first-order valence-corrected chi connectivity index (χ1v) is 29.4. The Morgan fingerprint density at radius 2 is 1.60 bits per heavy atom. The molecular formula is C61H87BF2N8O12+2. The number of fused-ring (bicyclic) bond motifs is 2. The Labute approximate surface area is 492 Å². The summed E-state index contributed by atoms with van der Waals surface area (Å²) >= 11 is 0. The van der Waals surface area contributed by atoms with Gasteiger partial charge in [-0.25, -0.2) is 4.79 Å². The molecule has 84 heavy (non-hydrogen) atoms. The lowest BCUT2D eigenvalue weighted by molar-refractivity contribution is -0.870. The van der Waals surface area contributed by atoms with Crippen LogP contribution in [0.5, 0.6) is 5.75 Å². The molecular weight excluding hydrogens is 1090 g/mol. The van der Waals surface area contributed by atoms with Crippen LogP contribution in [0.3, 0.4) is 0 Å². The summed E-state index contributed by atoms with van der Waals surface area (Å²) in [5.74, 6) is -3.06. The maximum absolute atomic E-state index is 17.6. The van der Waals surface area contributed by atoms with Crippen LogP contribution in [0.4, 0.5) is 19.1 Å². The summed E-state index contributed by atoms with van der Waals surface area (Å²) in [4.78, 5) is 91.5. The van der Waals surface area contributed by atoms with E-state index in [-0.39, 0.29) is 86.9 Å². The van der Waals surface area contributed by atoms with Crippen molar-refractivity contribution in [2.45, 2.75) is 136 Å². The van der Waals surface area contributed by atoms with Crippen LogP contribution in [-0.2, 0) is 52.9 Å². The number of hydrogen-bond donors (Lipinski definition) is 3. The Hall–Kier alpha value is -6.95. The van der Waals surface area contributed by atoms with Gasteiger partial charge in [0.1, 0.15) is 18.5 Å². The molecule has 1 saturated carbocycles. The van der Waals surface area contributed by atoms with E-state index in [0.29, 0.717) is 58.5 Å². The molecule has 1 aromatic heterocycles. The number of carbonyl (C=O) groups is 6. The maximum atomic E-state index is 17.6. The lowest BCUT2D eigenvalue weighted by atomic mass is 9.88. The molecule has 458 valence electrons. The Morgan fingerprint density at radius 3 is 2.23 bits per heavy atom. The van der Waals surface area contributed by atoms with Crippen molar-refractivity contribution in [1.82, 2.24) is 20.0 Å². The molecule has 3 atom stereocenters. The second-order valence-corrected chi connectivity index (χ2v) is 24.5. The van der Waals surface area contributed by atoms with E-state index in [1.807, 2.05) is 48.6 Å². The van der Waals surface area contributed by atoms with E-state index in [0.717, 1.165) is 64.9 Å². The third-order valence-corrected chi connectivity index (χ3v) is 15.6. The number of Topliss-reactive ketones (excluding diaryl/α,β-unsaturated/α-hetero) is 3. The number of nitrogens with zero attached hydrogens (tertiary/aromatic N) is 6. The van der Waals surface area contributed by atoms with Gasteiger partial charge in [-0.1, -0.05) is 38.5 Å². The van der Waals surface area contributed by atoms with Crippen molar-refractivity contribution in [1.29, 1.82) is 0 Å². The number of amides is 2. The van der Waals surface area contributed by atoms with Gasteiger partial charge < -0.3 is 56.5 Å². The van der Waals surface area contributed by atoms with Gasteiger partial charge in [0.2, 0.25) is 17.9 Å². The number of likely N-dealkylation sites (N-methyl/N-ethyl adjacent to an activating group) is 1. The number of allylic oxidation sites excluding steroid dienone is 2. The number of benzene rings is 2. The molecule has 3 N–H and O–H groups in total. The number of aromatic nitrogens is 1. The van der Waals surface area contributed by atoms with Gasteiger partial charge in [0.25, 0.3) is 5.69 Å². The van der Waals surface area contributed by atoms with Crippen LogP contribution in [0.15, 0.2) is 65.9 Å². The fourth-order valence-electron chi connectivity index (χ4n) is 10.9. The zero-order chi connectivity index (χ0) is 61.7. The van der Waals surface area contributed by atoms with Gasteiger partial charge in [-0.2, -0.15) is 0 Å². The topological polar surface area (TPSA) is 229 Å². The Kier molecular flexibility index (Phi) is 23.0. The van der Waals surface area contributed by atoms with Gasteiger partial charge in [-0.05, 0) is 101 Å². The number of hydrogen-bond acceptors (Lipinski definition) is 13. The standard InChI is InChI=1S/C61H85BF2N8O12/c1-11-13-20-43-33-47(68-51(43)37-52-44(24-19-31-72(8,9)10)35-50(69(52)62(68,63)64)42-21-15-14-16-22-42)25-28-58(77)66-49(12-2)56(76)36-45(23-17-18-30-71(5,6)7)60(78)65-40-67(4)29-32-82-57-38-53(70(80)81)48(34-46(57)39-73)41(3)83-61(79)84-59-54(74)26-27-55(59)75/h14-16,21-22,33-35,37-38,41,45,49,59,73H,11-13,17-20,23-32,36,39-40H2,1-10H3/p+2. The highest BCUT2D eigenvalue weighted by Crippen LogP contribution is 2.41. The van der Waals surface area contributed by atoms with Crippen LogP contribution in [0.1, 0.15) is 138 Å². The summed E-state index contributed by atoms with van der Waals surface area (Å²) in [7, 11) is 14.3. The molecule has 1 aliphatic carbocycles. The van der Waals surface area contributed by atoms with Crippen LogP contribution in [0, 0.1) is 16.0 Å². The van der Waals surface area contributed by atoms with E-state index in [9.17, 15) is 44.0 Å². The van der Waals surface area contributed by atoms with Gasteiger partial charge in [-0.3, -0.25) is 39.0 Å². The number of quaternary nitrogens is 2. The lowest BCUT2D eigenvalue weighted by Crippen LogP contribution is -2.51. The molecule has 6 rings (SSSR count). The molecule has 0 spiro atoms. The number of nitro benzene ring substituents is 1. The molecule has 23 heteroatoms. The monoisotopic (exact) mass is 1170 g/mol. The number of aliphatic hydroxyl groups is 1. The highest BCUT2D eigenvalue weighted by molar-refractivity contribution is 6.58. The number of rotatable bonds is 33. The van der Waals surface area contributed by atoms with E-state index >= 15 is 8.63 Å². The quantitative estimate of drug-likeness (QED) is 0.00781. The minimum atomic E-state index is -4.41. The second-order valence-electron chi connectivity index (χ2n) is 24.5. The molecule has 0 radical (unpaired) electrons. The summed E-state index contributed by atoms with van der Waals surface area (Å²) in [6.45, 7) is 2.05. The SMILES string of the molecule is CCCCc1cc(CCC(=O)NC(CC)C(=O)CC(CCCC[N+](C)(C)C)C(=O)NCN(C)CCOc2cc([N+](=O)[O-])c(C(C)OC(=O)OC3C(=O)CCC3=O)cc2CO)n2c1C=C1C(CCC[N+](C)(C)C)=CC(c3ccccc3)=[N+]1[B-]2(F)F. The Bertz CT molecular complexity index is 2990. The number of ketones is 3. The first kappa shape index (κ1) is 66.2. The highest BCUT2D eigenvalue weighted by atomic mass is 19.2. The summed E-state index contributed by atoms with van der Waals surface area (Å²) in [5, 5.41) is 28.2. The van der Waals surface area contributed by atoms with Crippen LogP contribution < -0.4 is 15.4 Å². The number of aryl methyl sites for hydroxylation is 2. The molecule has 2 aromatic carbocycles. The number of ether oxygens (including phenoxy) is 3. The smallest absolute Gasteiger partial charge is 0.492 e. The summed E-state index contributed by atoms with van der Waals surface area (Å²) in [6, 6.07) is 12.5. The number of aliphatic hydroxyl groups excluding tert-OH is 1. The van der Waals surface area contributed by atoms with Gasteiger partial charge in [0, 0.05) is 79.1 Å². The van der Waals surface area contributed by atoms with Gasteiger partial charge in [0.15, 0.2) is 28.8 Å². The summed E-state index contributed by atoms with van der Waals surface area (Å²) in [6.07, 6.45) is 4.97. The third-order valence-electron chi connectivity index (χ3n) is 15.6. The van der Waals surface area contributed by atoms with Crippen LogP contribution in [-0.4, -0.2) is 175 Å². The minimum absolute atomic E-state index is 0.00445. The normalized spacial score (nSPS) is 16.2. The van der Waals surface area contributed by atoms with Crippen molar-refractivity contribution >= 4 is 59.8 Å². The van der Waals surface area contributed by atoms with Gasteiger partial charge >= 0.3 is 13.1 Å². The molecule has 3 aromatic rings. The fraction of sp³-hybridized carbons (Fsp3) is 0.557. The number of nitrogens with one attached hydrogen (secondary N) is 2. The molecule has 1 fully saturated rings. The predicted molar refractivity (Wildman–Crippen MR) is 315 cm³/mol. The van der Waals surface area contributed by atoms with Gasteiger partial charge in [0.05, 0.1) is 91.2 Å². The zero-order valence-corrected chi connectivity index (χ0v) is 50.7. The number of unbranched alkanes of at least 4 members (excludes halogenated alkanes) is 2. The van der Waals surface area contributed by atoms with E-state index < -0.39 is 72.0 Å². The van der Waals surface area contributed by atoms with E-state index in [2.05, 4.69) is 59.8 Å². The largest absolute Gasteiger partial charge is 0.737 e. The summed E-state index contributed by atoms with van der Waals surface area (Å²) < 4.78 is 55.0. The van der Waals surface area contributed by atoms with Crippen molar-refractivity contribution in [3.05, 3.63) is 110 Å². The molecule has 20 nitrogen and oxygen atoms in total. The number of carbonyl (C=O) groups excluding carboxylic acids is 6. The van der Waals surface area contributed by atoms with Crippen LogP contribution in [0.2, 0.25) is 0 Å². The second kappa shape index (κ2) is 29.2. The molecule has 0 bridgehead atoms. The number of nitro groups is 1. The maximum Gasteiger partial charge on any atom is 0.737 e. The van der Waals surface area contributed by atoms with Crippen LogP contribution >= 0.6 is 0 Å². The molecule has 2 aliphatic heterocycles. The Morgan fingerprint density at radius 1 is 0.917 bits per heavy atom. The van der Waals surface area contributed by atoms with Crippen molar-refractivity contribution in [2.24, 2.45) is 5.92 Å². The molecule has 3 unspecified atom stereocenters. The summed E-state index contributed by atoms with van der Waals surface area (Å²) in [5.41, 5.74) is 3.65. The lowest BCUT2D eigenvalue weighted by Gasteiger charge is -2.32. The average molecular weight is 1170 g/mol. The van der Waals surface area contributed by atoms with Crippen molar-refractivity contribution in [3.8, 4) is 5.75 Å². The molecule has 2 amide bonds. The molecule has 3 aliphatic rings. The zero-order valence-electron chi connectivity index (χ0n) is 50.7. The Balaban J connectivity index is 1.09. The first-order valence-electron chi connectivity index (χ1n) is 29.4. The van der Waals surface area contributed by atoms with Gasteiger partial charge in [-0.15, -0.1) is 0 Å². The van der Waals surface area contributed by atoms with E-state index in [4.69, 9.17) is 14.2 Å². The van der Waals surface area contributed by atoms with Crippen LogP contribution in [0.25, 0.3) is 6.08 Å². The molecule has 3 heterocycles. The van der Waals surface area contributed by atoms with Crippen molar-refractivity contribution in [3.63, 3.8) is 0 Å². The fourth-order valence-corrected chi connectivity index (χ4v) is 10.9. The predicted octanol–water partition coefficient (Wildman–Crippen LogP) is 7.62. The first-order chi connectivity index (χ1) is 39.7. The third kappa shape index (κ3) is 17.6. The average Bonchev–Trinajstić information content (AvgIpc) is 1.62. The van der Waals surface area contributed by atoms with Crippen molar-refractivity contribution in [2.75, 3.05) is 82.2 Å². The van der Waals surface area contributed by atoms with E-state index in [1.165, 1.54) is 17.5 Å².